The summed E-state index contributed by atoms with van der Waals surface area (Å²) in [6, 6.07) is 3.23. The molecule has 3 rings (SSSR count). The Kier molecular flexibility index (Phi) is 5.40. The van der Waals surface area contributed by atoms with Gasteiger partial charge in [0.15, 0.2) is 5.82 Å². The summed E-state index contributed by atoms with van der Waals surface area (Å²) in [5.74, 6) is 1.09. The van der Waals surface area contributed by atoms with Gasteiger partial charge in [0, 0.05) is 27.3 Å². The number of alkyl halides is 1. The predicted molar refractivity (Wildman–Crippen MR) is 108 cm³/mol. The first-order valence-corrected chi connectivity index (χ1v) is 9.64. The van der Waals surface area contributed by atoms with Crippen LogP contribution >= 0.6 is 15.9 Å². The number of nitrogens with one attached hydrogen (secondary N) is 2. The summed E-state index contributed by atoms with van der Waals surface area (Å²) in [4.78, 5) is 4.46. The fraction of sp³-hybridized carbons (Fsp3) is 0.526. The molecule has 6 nitrogen and oxygen atoms in total. The summed E-state index contributed by atoms with van der Waals surface area (Å²) in [6.07, 6.45) is 2.79. The van der Waals surface area contributed by atoms with Crippen molar-refractivity contribution in [1.29, 1.82) is 0 Å². The Labute approximate surface area is 167 Å². The number of hydrogen-bond acceptors (Lipinski definition) is 6. The van der Waals surface area contributed by atoms with E-state index >= 15 is 4.39 Å². The van der Waals surface area contributed by atoms with Crippen molar-refractivity contribution < 1.29 is 9.13 Å². The van der Waals surface area contributed by atoms with E-state index in [-0.39, 0.29) is 5.54 Å². The van der Waals surface area contributed by atoms with Crippen LogP contribution < -0.4 is 15.4 Å². The summed E-state index contributed by atoms with van der Waals surface area (Å²) in [7, 11) is 1.59. The zero-order chi connectivity index (χ0) is 19.8. The largest absolute Gasteiger partial charge is 0.494 e. The Morgan fingerprint density at radius 1 is 1.33 bits per heavy atom. The van der Waals surface area contributed by atoms with Gasteiger partial charge in [0.2, 0.25) is 0 Å². The van der Waals surface area contributed by atoms with Crippen LogP contribution in [-0.2, 0) is 0 Å². The van der Waals surface area contributed by atoms with Crippen LogP contribution in [0.4, 0.5) is 10.2 Å². The molecule has 2 atom stereocenters. The standard InChI is InChI=1S/C19H25BrFN5O/c1-18(2)9-13(16(21)19(3,4)26-18)24-17-12(6-7-23-25-17)15-14(27-5)8-11(20)10-22-15/h6-8,10,13,16,26H,9H2,1-5H3,(H,24,25). The number of halogens is 2. The number of ether oxygens (including phenoxy) is 1. The molecule has 0 bridgehead atoms. The number of piperidine rings is 1. The molecule has 2 aromatic heterocycles. The average molecular weight is 438 g/mol. The van der Waals surface area contributed by atoms with Gasteiger partial charge < -0.3 is 15.4 Å². The predicted octanol–water partition coefficient (Wildman–Crippen LogP) is 3.98. The molecule has 1 aliphatic heterocycles. The van der Waals surface area contributed by atoms with Gasteiger partial charge in [-0.05, 0) is 62.2 Å². The molecule has 27 heavy (non-hydrogen) atoms. The van der Waals surface area contributed by atoms with Crippen molar-refractivity contribution in [3.63, 3.8) is 0 Å². The van der Waals surface area contributed by atoms with E-state index in [1.807, 2.05) is 19.9 Å². The van der Waals surface area contributed by atoms with Crippen molar-refractivity contribution >= 4 is 21.7 Å². The van der Waals surface area contributed by atoms with Gasteiger partial charge in [-0.15, -0.1) is 5.10 Å². The quantitative estimate of drug-likeness (QED) is 0.753. The van der Waals surface area contributed by atoms with E-state index in [2.05, 4.69) is 55.6 Å². The average Bonchev–Trinajstić information content (AvgIpc) is 2.59. The topological polar surface area (TPSA) is 72.0 Å². The van der Waals surface area contributed by atoms with Crippen molar-refractivity contribution in [2.45, 2.75) is 57.4 Å². The van der Waals surface area contributed by atoms with Crippen LogP contribution in [0.2, 0.25) is 0 Å². The van der Waals surface area contributed by atoms with Crippen LogP contribution in [0.3, 0.4) is 0 Å². The van der Waals surface area contributed by atoms with E-state index in [9.17, 15) is 0 Å². The van der Waals surface area contributed by atoms with Gasteiger partial charge in [-0.3, -0.25) is 4.98 Å². The van der Waals surface area contributed by atoms with Crippen molar-refractivity contribution in [2.24, 2.45) is 0 Å². The molecule has 146 valence electrons. The Balaban J connectivity index is 1.98. The van der Waals surface area contributed by atoms with Gasteiger partial charge in [-0.2, -0.15) is 5.10 Å². The summed E-state index contributed by atoms with van der Waals surface area (Å²) >= 11 is 3.40. The van der Waals surface area contributed by atoms with Crippen LogP contribution in [0.25, 0.3) is 11.3 Å². The number of rotatable bonds is 4. The Hall–Kier alpha value is -1.80. The molecular formula is C19H25BrFN5O. The molecule has 1 aliphatic rings. The maximum absolute atomic E-state index is 15.2. The summed E-state index contributed by atoms with van der Waals surface area (Å²) in [5, 5.41) is 14.9. The minimum Gasteiger partial charge on any atom is -0.494 e. The third-order valence-corrected chi connectivity index (χ3v) is 5.20. The molecule has 1 saturated heterocycles. The second-order valence-electron chi connectivity index (χ2n) is 8.09. The first-order valence-electron chi connectivity index (χ1n) is 8.84. The third-order valence-electron chi connectivity index (χ3n) is 4.77. The fourth-order valence-electron chi connectivity index (χ4n) is 3.86. The lowest BCUT2D eigenvalue weighted by molar-refractivity contribution is 0.0655. The number of hydrogen-bond donors (Lipinski definition) is 2. The summed E-state index contributed by atoms with van der Waals surface area (Å²) < 4.78 is 21.4. The minimum atomic E-state index is -1.10. The fourth-order valence-corrected chi connectivity index (χ4v) is 4.17. The maximum Gasteiger partial charge on any atom is 0.158 e. The second-order valence-corrected chi connectivity index (χ2v) is 9.00. The molecule has 0 aliphatic carbocycles. The van der Waals surface area contributed by atoms with Crippen molar-refractivity contribution in [2.75, 3.05) is 12.4 Å². The molecule has 0 spiro atoms. The van der Waals surface area contributed by atoms with Crippen molar-refractivity contribution in [3.8, 4) is 17.0 Å². The molecule has 8 heteroatoms. The number of nitrogens with zero attached hydrogens (tertiary/aromatic N) is 3. The summed E-state index contributed by atoms with van der Waals surface area (Å²) in [5.41, 5.74) is 0.478. The van der Waals surface area contributed by atoms with Gasteiger partial charge in [0.05, 0.1) is 19.3 Å². The van der Waals surface area contributed by atoms with Crippen molar-refractivity contribution in [3.05, 3.63) is 29.0 Å². The molecule has 2 unspecified atom stereocenters. The normalized spacial score (nSPS) is 23.7. The van der Waals surface area contributed by atoms with Crippen LogP contribution in [0.1, 0.15) is 34.1 Å². The highest BCUT2D eigenvalue weighted by atomic mass is 79.9. The zero-order valence-corrected chi connectivity index (χ0v) is 17.8. The molecule has 2 N–H and O–H groups in total. The smallest absolute Gasteiger partial charge is 0.158 e. The highest BCUT2D eigenvalue weighted by molar-refractivity contribution is 9.10. The highest BCUT2D eigenvalue weighted by Crippen LogP contribution is 2.37. The minimum absolute atomic E-state index is 0.209. The molecule has 1 fully saturated rings. The molecule has 0 saturated carbocycles. The monoisotopic (exact) mass is 437 g/mol. The second kappa shape index (κ2) is 7.31. The van der Waals surface area contributed by atoms with Crippen LogP contribution in [0.5, 0.6) is 5.75 Å². The molecule has 0 radical (unpaired) electrons. The molecular weight excluding hydrogens is 413 g/mol. The van der Waals surface area contributed by atoms with Gasteiger partial charge in [0.1, 0.15) is 17.6 Å². The van der Waals surface area contributed by atoms with Gasteiger partial charge in [-0.1, -0.05) is 0 Å². The van der Waals surface area contributed by atoms with E-state index in [0.29, 0.717) is 23.7 Å². The number of anilines is 1. The van der Waals surface area contributed by atoms with E-state index in [1.54, 1.807) is 25.6 Å². The Morgan fingerprint density at radius 2 is 2.07 bits per heavy atom. The number of methoxy groups -OCH3 is 1. The van der Waals surface area contributed by atoms with E-state index in [0.717, 1.165) is 10.0 Å². The first-order chi connectivity index (χ1) is 12.6. The van der Waals surface area contributed by atoms with Gasteiger partial charge >= 0.3 is 0 Å². The van der Waals surface area contributed by atoms with Crippen LogP contribution in [0, 0.1) is 0 Å². The van der Waals surface area contributed by atoms with Crippen LogP contribution in [-0.4, -0.2) is 45.6 Å². The van der Waals surface area contributed by atoms with E-state index in [1.165, 1.54) is 0 Å². The molecule has 0 aromatic carbocycles. The molecule has 3 heterocycles. The SMILES string of the molecule is COc1cc(Br)cnc1-c1ccnnc1NC1CC(C)(C)NC(C)(C)C1F. The lowest BCUT2D eigenvalue weighted by Crippen LogP contribution is -2.67. The summed E-state index contributed by atoms with van der Waals surface area (Å²) in [6.45, 7) is 7.91. The maximum atomic E-state index is 15.2. The van der Waals surface area contributed by atoms with Gasteiger partial charge in [0.25, 0.3) is 0 Å². The van der Waals surface area contributed by atoms with Crippen LogP contribution in [0.15, 0.2) is 29.0 Å². The lowest BCUT2D eigenvalue weighted by atomic mass is 9.78. The lowest BCUT2D eigenvalue weighted by Gasteiger charge is -2.49. The third kappa shape index (κ3) is 4.21. The van der Waals surface area contributed by atoms with E-state index in [4.69, 9.17) is 4.74 Å². The zero-order valence-electron chi connectivity index (χ0n) is 16.2. The highest BCUT2D eigenvalue weighted by Gasteiger charge is 2.46. The molecule has 2 aromatic rings. The first kappa shape index (κ1) is 19.9. The Bertz CT molecular complexity index is 829. The number of aromatic nitrogens is 3. The van der Waals surface area contributed by atoms with E-state index < -0.39 is 17.8 Å². The number of pyridine rings is 1. The van der Waals surface area contributed by atoms with Gasteiger partial charge in [-0.25, -0.2) is 4.39 Å². The Morgan fingerprint density at radius 3 is 2.78 bits per heavy atom. The molecule has 0 amide bonds. The van der Waals surface area contributed by atoms with Crippen molar-refractivity contribution in [1.82, 2.24) is 20.5 Å².